The number of nitrogens with zero attached hydrogens (tertiary/aromatic N) is 1. The molecule has 2 aromatic rings. The first-order valence-electron chi connectivity index (χ1n) is 6.04. The Balaban J connectivity index is 2.50. The zero-order valence-electron chi connectivity index (χ0n) is 10.2. The molecule has 4 heteroatoms. The standard InChI is InChI=1S/C14H15BrN2O/c1-2-3-4-13-11(9-12(15)14(18)17-13)10-5-7-16-8-6-10/h5-9H,2-4H2,1H3,(H,17,18). The summed E-state index contributed by atoms with van der Waals surface area (Å²) < 4.78 is 0.564. The second-order valence-electron chi connectivity index (χ2n) is 4.18. The first-order chi connectivity index (χ1) is 8.72. The number of hydrogen-bond donors (Lipinski definition) is 1. The summed E-state index contributed by atoms with van der Waals surface area (Å²) in [5.74, 6) is 0. The van der Waals surface area contributed by atoms with Crippen molar-refractivity contribution in [3.8, 4) is 11.1 Å². The van der Waals surface area contributed by atoms with Gasteiger partial charge in [-0.2, -0.15) is 0 Å². The van der Waals surface area contributed by atoms with Crippen LogP contribution in [0.5, 0.6) is 0 Å². The molecule has 0 spiro atoms. The minimum atomic E-state index is -0.0705. The number of H-pyrrole nitrogens is 1. The number of aryl methyl sites for hydroxylation is 1. The maximum Gasteiger partial charge on any atom is 0.262 e. The van der Waals surface area contributed by atoms with Gasteiger partial charge in [-0.05, 0) is 52.5 Å². The van der Waals surface area contributed by atoms with Crippen LogP contribution >= 0.6 is 15.9 Å². The minimum absolute atomic E-state index is 0.0705. The summed E-state index contributed by atoms with van der Waals surface area (Å²) in [7, 11) is 0. The van der Waals surface area contributed by atoms with Gasteiger partial charge in [-0.25, -0.2) is 0 Å². The molecule has 2 aromatic heterocycles. The second kappa shape index (κ2) is 5.96. The van der Waals surface area contributed by atoms with Gasteiger partial charge in [0.15, 0.2) is 0 Å². The molecule has 18 heavy (non-hydrogen) atoms. The zero-order valence-corrected chi connectivity index (χ0v) is 11.8. The molecule has 2 heterocycles. The Kier molecular flexibility index (Phi) is 4.31. The van der Waals surface area contributed by atoms with Crippen LogP contribution in [0.2, 0.25) is 0 Å². The second-order valence-corrected chi connectivity index (χ2v) is 5.03. The molecule has 0 saturated heterocycles. The molecular formula is C14H15BrN2O. The van der Waals surface area contributed by atoms with Gasteiger partial charge in [0.2, 0.25) is 0 Å². The lowest BCUT2D eigenvalue weighted by Crippen LogP contribution is -2.11. The first kappa shape index (κ1) is 13.0. The van der Waals surface area contributed by atoms with Crippen molar-refractivity contribution in [3.63, 3.8) is 0 Å². The summed E-state index contributed by atoms with van der Waals surface area (Å²) in [6.45, 7) is 2.14. The maximum absolute atomic E-state index is 11.7. The molecule has 94 valence electrons. The molecule has 0 saturated carbocycles. The lowest BCUT2D eigenvalue weighted by atomic mass is 10.0. The van der Waals surface area contributed by atoms with Crippen molar-refractivity contribution in [3.05, 3.63) is 51.1 Å². The minimum Gasteiger partial charge on any atom is -0.325 e. The lowest BCUT2D eigenvalue weighted by Gasteiger charge is -2.09. The van der Waals surface area contributed by atoms with E-state index in [2.05, 4.69) is 32.8 Å². The van der Waals surface area contributed by atoms with Gasteiger partial charge in [-0.1, -0.05) is 13.3 Å². The Morgan fingerprint density at radius 2 is 2.06 bits per heavy atom. The van der Waals surface area contributed by atoms with Gasteiger partial charge in [0, 0.05) is 23.7 Å². The zero-order chi connectivity index (χ0) is 13.0. The van der Waals surface area contributed by atoms with Crippen molar-refractivity contribution in [1.82, 2.24) is 9.97 Å². The molecule has 0 aliphatic heterocycles. The van der Waals surface area contributed by atoms with Gasteiger partial charge in [-0.15, -0.1) is 0 Å². The molecule has 0 atom stereocenters. The number of hydrogen-bond acceptors (Lipinski definition) is 2. The molecule has 0 aromatic carbocycles. The molecule has 0 fully saturated rings. The van der Waals surface area contributed by atoms with Crippen molar-refractivity contribution in [2.24, 2.45) is 0 Å². The first-order valence-corrected chi connectivity index (χ1v) is 6.83. The van der Waals surface area contributed by atoms with Crippen LogP contribution < -0.4 is 5.56 Å². The Bertz CT molecular complexity index is 578. The van der Waals surface area contributed by atoms with Gasteiger partial charge in [-0.3, -0.25) is 9.78 Å². The number of halogens is 1. The Hall–Kier alpha value is -1.42. The lowest BCUT2D eigenvalue weighted by molar-refractivity contribution is 0.774. The van der Waals surface area contributed by atoms with E-state index in [9.17, 15) is 4.79 Å². The van der Waals surface area contributed by atoms with Crippen LogP contribution in [-0.2, 0) is 6.42 Å². The van der Waals surface area contributed by atoms with Crippen molar-refractivity contribution >= 4 is 15.9 Å². The largest absolute Gasteiger partial charge is 0.325 e. The molecule has 0 bridgehead atoms. The van der Waals surface area contributed by atoms with Crippen LogP contribution in [-0.4, -0.2) is 9.97 Å². The normalized spacial score (nSPS) is 10.6. The van der Waals surface area contributed by atoms with Crippen LogP contribution in [0.3, 0.4) is 0 Å². The highest BCUT2D eigenvalue weighted by Gasteiger charge is 2.08. The third-order valence-electron chi connectivity index (χ3n) is 2.85. The third kappa shape index (κ3) is 2.88. The summed E-state index contributed by atoms with van der Waals surface area (Å²) >= 11 is 3.29. The van der Waals surface area contributed by atoms with Crippen molar-refractivity contribution in [2.45, 2.75) is 26.2 Å². The fourth-order valence-corrected chi connectivity index (χ4v) is 2.21. The van der Waals surface area contributed by atoms with Crippen LogP contribution in [0.25, 0.3) is 11.1 Å². The van der Waals surface area contributed by atoms with Crippen molar-refractivity contribution < 1.29 is 0 Å². The number of aromatic nitrogens is 2. The number of pyridine rings is 2. The van der Waals surface area contributed by atoms with Gasteiger partial charge >= 0.3 is 0 Å². The fourth-order valence-electron chi connectivity index (χ4n) is 1.88. The van der Waals surface area contributed by atoms with E-state index in [0.29, 0.717) is 4.47 Å². The van der Waals surface area contributed by atoms with Gasteiger partial charge in [0.25, 0.3) is 5.56 Å². The smallest absolute Gasteiger partial charge is 0.262 e. The van der Waals surface area contributed by atoms with E-state index >= 15 is 0 Å². The molecule has 0 amide bonds. The van der Waals surface area contributed by atoms with E-state index in [0.717, 1.165) is 36.1 Å². The topological polar surface area (TPSA) is 45.8 Å². The van der Waals surface area contributed by atoms with E-state index < -0.39 is 0 Å². The summed E-state index contributed by atoms with van der Waals surface area (Å²) in [6, 6.07) is 5.80. The van der Waals surface area contributed by atoms with E-state index in [-0.39, 0.29) is 5.56 Å². The molecule has 1 N–H and O–H groups in total. The molecule has 3 nitrogen and oxygen atoms in total. The van der Waals surface area contributed by atoms with Crippen LogP contribution in [0.15, 0.2) is 39.9 Å². The quantitative estimate of drug-likeness (QED) is 0.939. The van der Waals surface area contributed by atoms with Crippen LogP contribution in [0.4, 0.5) is 0 Å². The van der Waals surface area contributed by atoms with Crippen LogP contribution in [0.1, 0.15) is 25.5 Å². The van der Waals surface area contributed by atoms with E-state index in [4.69, 9.17) is 0 Å². The monoisotopic (exact) mass is 306 g/mol. The van der Waals surface area contributed by atoms with Crippen LogP contribution in [0, 0.1) is 0 Å². The molecule has 0 radical (unpaired) electrons. The number of nitrogens with one attached hydrogen (secondary N) is 1. The highest BCUT2D eigenvalue weighted by Crippen LogP contribution is 2.24. The molecular weight excluding hydrogens is 292 g/mol. The molecule has 0 aliphatic carbocycles. The van der Waals surface area contributed by atoms with E-state index in [1.54, 1.807) is 12.4 Å². The average molecular weight is 307 g/mol. The van der Waals surface area contributed by atoms with Crippen molar-refractivity contribution in [2.75, 3.05) is 0 Å². The highest BCUT2D eigenvalue weighted by molar-refractivity contribution is 9.10. The predicted molar refractivity (Wildman–Crippen MR) is 76.6 cm³/mol. The Morgan fingerprint density at radius 1 is 1.33 bits per heavy atom. The number of aromatic amines is 1. The predicted octanol–water partition coefficient (Wildman–Crippen LogP) is 3.54. The van der Waals surface area contributed by atoms with E-state index in [1.165, 1.54) is 0 Å². The third-order valence-corrected chi connectivity index (χ3v) is 3.44. The van der Waals surface area contributed by atoms with E-state index in [1.807, 2.05) is 18.2 Å². The molecule has 0 aliphatic rings. The average Bonchev–Trinajstić information content (AvgIpc) is 2.40. The Labute approximate surface area is 114 Å². The summed E-state index contributed by atoms with van der Waals surface area (Å²) in [4.78, 5) is 18.6. The summed E-state index contributed by atoms with van der Waals surface area (Å²) in [5, 5.41) is 0. The van der Waals surface area contributed by atoms with Crippen molar-refractivity contribution in [1.29, 1.82) is 0 Å². The number of unbranched alkanes of at least 4 members (excludes halogenated alkanes) is 1. The number of rotatable bonds is 4. The summed E-state index contributed by atoms with van der Waals surface area (Å²) in [6.07, 6.45) is 6.58. The highest BCUT2D eigenvalue weighted by atomic mass is 79.9. The van der Waals surface area contributed by atoms with Gasteiger partial charge in [0.05, 0.1) is 4.47 Å². The Morgan fingerprint density at radius 3 is 2.72 bits per heavy atom. The van der Waals surface area contributed by atoms with Gasteiger partial charge in [0.1, 0.15) is 0 Å². The SMILES string of the molecule is CCCCc1[nH]c(=O)c(Br)cc1-c1ccncc1. The molecule has 2 rings (SSSR count). The fraction of sp³-hybridized carbons (Fsp3) is 0.286. The summed E-state index contributed by atoms with van der Waals surface area (Å²) in [5.41, 5.74) is 3.07. The maximum atomic E-state index is 11.7. The molecule has 0 unspecified atom stereocenters. The van der Waals surface area contributed by atoms with Gasteiger partial charge < -0.3 is 4.98 Å².